The Labute approximate surface area is 114 Å². The average Bonchev–Trinajstić information content (AvgIpc) is 2.82. The first-order chi connectivity index (χ1) is 9.56. The molecule has 1 aromatic carbocycles. The van der Waals surface area contributed by atoms with Crippen molar-refractivity contribution < 1.29 is 13.6 Å². The molecule has 2 aliphatic rings. The van der Waals surface area contributed by atoms with Crippen molar-refractivity contribution in [1.29, 1.82) is 0 Å². The quantitative estimate of drug-likeness (QED) is 0.775. The minimum atomic E-state index is -0.907. The summed E-state index contributed by atoms with van der Waals surface area (Å²) in [5, 5.41) is 0. The van der Waals surface area contributed by atoms with Crippen LogP contribution in [0.3, 0.4) is 0 Å². The van der Waals surface area contributed by atoms with Gasteiger partial charge in [0.2, 0.25) is 5.91 Å². The zero-order valence-electron chi connectivity index (χ0n) is 10.9. The molecule has 1 amide bonds. The van der Waals surface area contributed by atoms with E-state index >= 15 is 0 Å². The fourth-order valence-electron chi connectivity index (χ4n) is 2.43. The van der Waals surface area contributed by atoms with Crippen molar-refractivity contribution >= 4 is 23.0 Å². The highest BCUT2D eigenvalue weighted by Crippen LogP contribution is 2.36. The highest BCUT2D eigenvalue weighted by atomic mass is 19.2. The minimum absolute atomic E-state index is 0.0304. The molecule has 2 heterocycles. The summed E-state index contributed by atoms with van der Waals surface area (Å²) in [5.41, 5.74) is 2.62. The van der Waals surface area contributed by atoms with E-state index in [0.29, 0.717) is 36.3 Å². The number of carbonyl (C=O) groups is 1. The molecule has 20 heavy (non-hydrogen) atoms. The number of halogens is 2. The van der Waals surface area contributed by atoms with Gasteiger partial charge in [0.1, 0.15) is 0 Å². The van der Waals surface area contributed by atoms with Crippen LogP contribution in [-0.4, -0.2) is 29.8 Å². The lowest BCUT2D eigenvalue weighted by Gasteiger charge is -2.25. The Hall–Kier alpha value is -2.26. The number of hydrogen-bond acceptors (Lipinski definition) is 2. The van der Waals surface area contributed by atoms with Gasteiger partial charge in [0.25, 0.3) is 0 Å². The number of allylic oxidation sites excluding steroid dienone is 1. The maximum Gasteiger partial charge on any atom is 0.219 e. The zero-order valence-corrected chi connectivity index (χ0v) is 10.9. The Morgan fingerprint density at radius 2 is 2.10 bits per heavy atom. The van der Waals surface area contributed by atoms with Gasteiger partial charge in [0, 0.05) is 37.2 Å². The van der Waals surface area contributed by atoms with Gasteiger partial charge in [-0.15, -0.1) is 0 Å². The summed E-state index contributed by atoms with van der Waals surface area (Å²) in [5.74, 6) is 1.06. The second kappa shape index (κ2) is 4.69. The van der Waals surface area contributed by atoms with Crippen LogP contribution in [0.2, 0.25) is 0 Å². The summed E-state index contributed by atoms with van der Waals surface area (Å²) in [6.07, 6.45) is 2.58. The van der Waals surface area contributed by atoms with Gasteiger partial charge in [-0.2, -0.15) is 0 Å². The molecular weight excluding hydrogens is 262 g/mol. The van der Waals surface area contributed by atoms with Crippen molar-refractivity contribution in [2.75, 3.05) is 13.1 Å². The van der Waals surface area contributed by atoms with Gasteiger partial charge in [0.05, 0.1) is 5.69 Å². The first kappa shape index (κ1) is 12.8. The molecular formula is C15H12F2N2O. The predicted molar refractivity (Wildman–Crippen MR) is 71.8 cm³/mol. The molecule has 0 atom stereocenters. The number of rotatable bonds is 1. The first-order valence-corrected chi connectivity index (χ1v) is 6.34. The lowest BCUT2D eigenvalue weighted by atomic mass is 9.94. The van der Waals surface area contributed by atoms with Gasteiger partial charge < -0.3 is 4.90 Å². The molecule has 0 spiro atoms. The van der Waals surface area contributed by atoms with Crippen LogP contribution in [0.25, 0.3) is 5.57 Å². The van der Waals surface area contributed by atoms with Gasteiger partial charge in [-0.05, 0) is 23.9 Å². The molecule has 0 bridgehead atoms. The van der Waals surface area contributed by atoms with E-state index in [1.54, 1.807) is 4.90 Å². The number of fused-ring (bicyclic) bond motifs is 1. The molecule has 0 radical (unpaired) electrons. The molecule has 0 aromatic heterocycles. The van der Waals surface area contributed by atoms with Crippen molar-refractivity contribution in [1.82, 2.24) is 4.90 Å². The average molecular weight is 274 g/mol. The van der Waals surface area contributed by atoms with Crippen molar-refractivity contribution in [3.8, 4) is 0 Å². The topological polar surface area (TPSA) is 32.7 Å². The Bertz CT molecular complexity index is 700. The van der Waals surface area contributed by atoms with E-state index in [1.165, 1.54) is 6.92 Å². The highest BCUT2D eigenvalue weighted by Gasteiger charge is 2.22. The van der Waals surface area contributed by atoms with E-state index in [4.69, 9.17) is 0 Å². The fraction of sp³-hybridized carbons (Fsp3) is 0.267. The third kappa shape index (κ3) is 2.06. The lowest BCUT2D eigenvalue weighted by Crippen LogP contribution is -2.33. The van der Waals surface area contributed by atoms with Crippen LogP contribution in [0.4, 0.5) is 14.5 Å². The van der Waals surface area contributed by atoms with Crippen LogP contribution in [0.15, 0.2) is 28.8 Å². The summed E-state index contributed by atoms with van der Waals surface area (Å²) < 4.78 is 26.5. The Balaban J connectivity index is 1.91. The molecule has 3 nitrogen and oxygen atoms in total. The summed E-state index contributed by atoms with van der Waals surface area (Å²) in [6.45, 7) is 2.67. The highest BCUT2D eigenvalue weighted by molar-refractivity contribution is 6.06. The molecule has 0 saturated carbocycles. The third-order valence-electron chi connectivity index (χ3n) is 3.57. The van der Waals surface area contributed by atoms with E-state index in [1.807, 2.05) is 6.08 Å². The van der Waals surface area contributed by atoms with Crippen LogP contribution >= 0.6 is 0 Å². The molecule has 2 aliphatic heterocycles. The standard InChI is InChI=1S/C15H12F2N2O/c1-9(20)19-4-2-10(3-5-19)12-8-18-15-7-14(17)13(16)6-11(12)15/h2,6-7H,3-5H2,1H3. The van der Waals surface area contributed by atoms with Crippen LogP contribution in [-0.2, 0) is 4.79 Å². The van der Waals surface area contributed by atoms with Gasteiger partial charge >= 0.3 is 0 Å². The van der Waals surface area contributed by atoms with Crippen LogP contribution in [0, 0.1) is 11.6 Å². The molecule has 1 aromatic rings. The van der Waals surface area contributed by atoms with Crippen molar-refractivity contribution in [2.45, 2.75) is 13.3 Å². The molecule has 0 unspecified atom stereocenters. The van der Waals surface area contributed by atoms with E-state index in [0.717, 1.165) is 17.7 Å². The fourth-order valence-corrected chi connectivity index (χ4v) is 2.43. The number of hydrogen-bond donors (Lipinski definition) is 0. The zero-order chi connectivity index (χ0) is 14.3. The number of carbonyl (C=O) groups excluding carboxylic acids is 1. The van der Waals surface area contributed by atoms with E-state index in [9.17, 15) is 13.6 Å². The predicted octanol–water partition coefficient (Wildman–Crippen LogP) is 2.84. The second-order valence-corrected chi connectivity index (χ2v) is 4.83. The molecule has 0 saturated heterocycles. The number of benzene rings is 1. The summed E-state index contributed by atoms with van der Waals surface area (Å²) in [4.78, 5) is 17.0. The van der Waals surface area contributed by atoms with Crippen LogP contribution < -0.4 is 0 Å². The smallest absolute Gasteiger partial charge is 0.219 e. The molecule has 5 heteroatoms. The van der Waals surface area contributed by atoms with Crippen molar-refractivity contribution in [3.05, 3.63) is 41.0 Å². The largest absolute Gasteiger partial charge is 0.339 e. The molecule has 102 valence electrons. The molecule has 0 aliphatic carbocycles. The number of amides is 1. The Morgan fingerprint density at radius 3 is 2.75 bits per heavy atom. The molecule has 0 fully saturated rings. The molecule has 3 rings (SSSR count). The normalized spacial score (nSPS) is 16.9. The third-order valence-corrected chi connectivity index (χ3v) is 3.57. The van der Waals surface area contributed by atoms with Gasteiger partial charge in [-0.1, -0.05) is 6.08 Å². The van der Waals surface area contributed by atoms with Crippen molar-refractivity contribution in [2.24, 2.45) is 4.99 Å². The Kier molecular flexibility index (Phi) is 2.99. The maximum absolute atomic E-state index is 13.4. The van der Waals surface area contributed by atoms with Gasteiger partial charge in [0.15, 0.2) is 11.6 Å². The summed E-state index contributed by atoms with van der Waals surface area (Å²) >= 11 is 0. The lowest BCUT2D eigenvalue weighted by molar-refractivity contribution is -0.128. The monoisotopic (exact) mass is 274 g/mol. The minimum Gasteiger partial charge on any atom is -0.339 e. The van der Waals surface area contributed by atoms with E-state index in [-0.39, 0.29) is 5.91 Å². The summed E-state index contributed by atoms with van der Waals surface area (Å²) in [7, 11) is 0. The first-order valence-electron chi connectivity index (χ1n) is 6.34. The van der Waals surface area contributed by atoms with Crippen LogP contribution in [0.1, 0.15) is 18.9 Å². The maximum atomic E-state index is 13.4. The van der Waals surface area contributed by atoms with Gasteiger partial charge in [-0.3, -0.25) is 4.79 Å². The van der Waals surface area contributed by atoms with Crippen LogP contribution in [0.5, 0.6) is 0 Å². The number of aliphatic imine (C=N–C) groups is 1. The van der Waals surface area contributed by atoms with E-state index in [2.05, 4.69) is 10.9 Å². The SMILES string of the molecule is CC(=O)N1CC=C(C2=C=Nc3cc(F)c(F)cc32)CC1. The molecule has 0 N–H and O–H groups in total. The van der Waals surface area contributed by atoms with Gasteiger partial charge in [-0.25, -0.2) is 13.8 Å². The number of nitrogens with zero attached hydrogens (tertiary/aromatic N) is 2. The summed E-state index contributed by atoms with van der Waals surface area (Å²) in [6, 6.07) is 2.23. The van der Waals surface area contributed by atoms with Crippen molar-refractivity contribution in [3.63, 3.8) is 0 Å². The second-order valence-electron chi connectivity index (χ2n) is 4.83. The van der Waals surface area contributed by atoms with E-state index < -0.39 is 11.6 Å². The Morgan fingerprint density at radius 1 is 1.35 bits per heavy atom.